The fourth-order valence-electron chi connectivity index (χ4n) is 2.88. The molecule has 2 nitrogen and oxygen atoms in total. The van der Waals surface area contributed by atoms with Crippen molar-refractivity contribution in [2.24, 2.45) is 0 Å². The van der Waals surface area contributed by atoms with Gasteiger partial charge in [-0.2, -0.15) is 0 Å². The first kappa shape index (κ1) is 13.7. The standard InChI is InChI=1S/C17H20ClNO/c1-11-3-8-17(20-11)12(2)19-16-9-14(10-16)13-4-6-15(18)7-5-13/h3-8,12,14,16,19H,9-10H2,1-2H3. The van der Waals surface area contributed by atoms with Crippen molar-refractivity contribution in [3.05, 3.63) is 58.5 Å². The monoisotopic (exact) mass is 289 g/mol. The molecule has 0 saturated heterocycles. The SMILES string of the molecule is Cc1ccc(C(C)NC2CC(c3ccc(Cl)cc3)C2)o1. The second-order valence-electron chi connectivity index (χ2n) is 5.75. The van der Waals surface area contributed by atoms with Crippen molar-refractivity contribution >= 4 is 11.6 Å². The van der Waals surface area contributed by atoms with E-state index in [1.807, 2.05) is 25.1 Å². The molecule has 2 aromatic rings. The number of nitrogens with one attached hydrogen (secondary N) is 1. The molecule has 1 aliphatic carbocycles. The lowest BCUT2D eigenvalue weighted by Gasteiger charge is -2.37. The zero-order chi connectivity index (χ0) is 14.1. The minimum Gasteiger partial charge on any atom is -0.465 e. The van der Waals surface area contributed by atoms with Crippen LogP contribution in [0.3, 0.4) is 0 Å². The van der Waals surface area contributed by atoms with Crippen LogP contribution in [0.15, 0.2) is 40.8 Å². The van der Waals surface area contributed by atoms with Crippen LogP contribution < -0.4 is 5.32 Å². The Morgan fingerprint density at radius 1 is 1.15 bits per heavy atom. The van der Waals surface area contributed by atoms with E-state index in [-0.39, 0.29) is 6.04 Å². The van der Waals surface area contributed by atoms with E-state index in [9.17, 15) is 0 Å². The van der Waals surface area contributed by atoms with Crippen molar-refractivity contribution in [3.8, 4) is 0 Å². The molecule has 1 fully saturated rings. The normalized spacial score (nSPS) is 23.4. The third-order valence-corrected chi connectivity index (χ3v) is 4.41. The minimum absolute atomic E-state index is 0.278. The Labute approximate surface area is 125 Å². The van der Waals surface area contributed by atoms with Crippen molar-refractivity contribution in [1.29, 1.82) is 0 Å². The molecule has 3 rings (SSSR count). The van der Waals surface area contributed by atoms with Crippen LogP contribution in [0.2, 0.25) is 5.02 Å². The molecule has 0 bridgehead atoms. The van der Waals surface area contributed by atoms with E-state index >= 15 is 0 Å². The summed E-state index contributed by atoms with van der Waals surface area (Å²) in [5.41, 5.74) is 1.40. The smallest absolute Gasteiger partial charge is 0.120 e. The second-order valence-corrected chi connectivity index (χ2v) is 6.19. The molecule has 3 heteroatoms. The number of hydrogen-bond acceptors (Lipinski definition) is 2. The largest absolute Gasteiger partial charge is 0.465 e. The summed E-state index contributed by atoms with van der Waals surface area (Å²) in [6, 6.07) is 13.2. The number of aryl methyl sites for hydroxylation is 1. The quantitative estimate of drug-likeness (QED) is 0.871. The zero-order valence-electron chi connectivity index (χ0n) is 11.9. The van der Waals surface area contributed by atoms with Crippen LogP contribution in [-0.4, -0.2) is 6.04 Å². The van der Waals surface area contributed by atoms with Gasteiger partial charge >= 0.3 is 0 Å². The number of benzene rings is 1. The van der Waals surface area contributed by atoms with Gasteiger partial charge in [-0.25, -0.2) is 0 Å². The van der Waals surface area contributed by atoms with Crippen LogP contribution in [-0.2, 0) is 0 Å². The number of halogens is 1. The van der Waals surface area contributed by atoms with Gasteiger partial charge in [0.2, 0.25) is 0 Å². The van der Waals surface area contributed by atoms with Crippen LogP contribution in [0.1, 0.15) is 48.8 Å². The van der Waals surface area contributed by atoms with E-state index in [4.69, 9.17) is 16.0 Å². The van der Waals surface area contributed by atoms with Crippen molar-refractivity contribution in [2.45, 2.75) is 44.7 Å². The highest BCUT2D eigenvalue weighted by Crippen LogP contribution is 2.38. The first-order chi connectivity index (χ1) is 9.61. The Bertz CT molecular complexity index is 569. The maximum absolute atomic E-state index is 5.92. The van der Waals surface area contributed by atoms with Crippen molar-refractivity contribution < 1.29 is 4.42 Å². The van der Waals surface area contributed by atoms with Crippen LogP contribution >= 0.6 is 11.6 Å². The van der Waals surface area contributed by atoms with Gasteiger partial charge in [0.15, 0.2) is 0 Å². The van der Waals surface area contributed by atoms with Gasteiger partial charge in [-0.3, -0.25) is 0 Å². The van der Waals surface area contributed by atoms with Crippen LogP contribution in [0, 0.1) is 6.92 Å². The fourth-order valence-corrected chi connectivity index (χ4v) is 3.01. The molecule has 20 heavy (non-hydrogen) atoms. The number of rotatable bonds is 4. The summed E-state index contributed by atoms with van der Waals surface area (Å²) in [5.74, 6) is 2.66. The summed E-state index contributed by atoms with van der Waals surface area (Å²) in [6.45, 7) is 4.14. The van der Waals surface area contributed by atoms with Gasteiger partial charge in [0.05, 0.1) is 6.04 Å². The summed E-state index contributed by atoms with van der Waals surface area (Å²) < 4.78 is 5.66. The van der Waals surface area contributed by atoms with E-state index in [0.29, 0.717) is 12.0 Å². The minimum atomic E-state index is 0.278. The van der Waals surface area contributed by atoms with Crippen molar-refractivity contribution in [1.82, 2.24) is 5.32 Å². The topological polar surface area (TPSA) is 25.2 Å². The van der Waals surface area contributed by atoms with Crippen LogP contribution in [0.4, 0.5) is 0 Å². The van der Waals surface area contributed by atoms with E-state index in [1.165, 1.54) is 18.4 Å². The highest BCUT2D eigenvalue weighted by atomic mass is 35.5. The highest BCUT2D eigenvalue weighted by Gasteiger charge is 2.31. The molecule has 0 amide bonds. The van der Waals surface area contributed by atoms with E-state index in [2.05, 4.69) is 30.4 Å². The molecule has 1 heterocycles. The van der Waals surface area contributed by atoms with E-state index in [1.54, 1.807) is 0 Å². The van der Waals surface area contributed by atoms with Crippen molar-refractivity contribution in [3.63, 3.8) is 0 Å². The van der Waals surface area contributed by atoms with Crippen LogP contribution in [0.25, 0.3) is 0 Å². The number of hydrogen-bond donors (Lipinski definition) is 1. The van der Waals surface area contributed by atoms with Gasteiger partial charge in [-0.05, 0) is 62.4 Å². The summed E-state index contributed by atoms with van der Waals surface area (Å²) in [7, 11) is 0. The predicted molar refractivity (Wildman–Crippen MR) is 82.2 cm³/mol. The second kappa shape index (κ2) is 5.63. The third kappa shape index (κ3) is 2.92. The van der Waals surface area contributed by atoms with E-state index in [0.717, 1.165) is 16.5 Å². The van der Waals surface area contributed by atoms with E-state index < -0.39 is 0 Å². The summed E-state index contributed by atoms with van der Waals surface area (Å²) >= 11 is 5.92. The molecule has 0 spiro atoms. The molecule has 106 valence electrons. The van der Waals surface area contributed by atoms with Gasteiger partial charge in [0.1, 0.15) is 11.5 Å². The third-order valence-electron chi connectivity index (χ3n) is 4.15. The molecular weight excluding hydrogens is 270 g/mol. The first-order valence-electron chi connectivity index (χ1n) is 7.19. The lowest BCUT2D eigenvalue weighted by atomic mass is 9.75. The molecule has 0 aliphatic heterocycles. The molecule has 0 radical (unpaired) electrons. The molecule has 1 N–H and O–H groups in total. The first-order valence-corrected chi connectivity index (χ1v) is 7.57. The summed E-state index contributed by atoms with van der Waals surface area (Å²) in [5, 5.41) is 4.45. The Hall–Kier alpha value is -1.25. The molecule has 1 aromatic carbocycles. The van der Waals surface area contributed by atoms with Gasteiger partial charge in [-0.15, -0.1) is 0 Å². The predicted octanol–water partition coefficient (Wildman–Crippen LogP) is 4.84. The molecule has 1 unspecified atom stereocenters. The zero-order valence-corrected chi connectivity index (χ0v) is 12.7. The lowest BCUT2D eigenvalue weighted by Crippen LogP contribution is -2.41. The molecule has 1 aromatic heterocycles. The maximum atomic E-state index is 5.92. The summed E-state index contributed by atoms with van der Waals surface area (Å²) in [6.07, 6.45) is 2.37. The summed E-state index contributed by atoms with van der Waals surface area (Å²) in [4.78, 5) is 0. The van der Waals surface area contributed by atoms with Gasteiger partial charge in [-0.1, -0.05) is 23.7 Å². The molecule has 1 atom stereocenters. The Morgan fingerprint density at radius 3 is 2.45 bits per heavy atom. The van der Waals surface area contributed by atoms with Crippen molar-refractivity contribution in [2.75, 3.05) is 0 Å². The highest BCUT2D eigenvalue weighted by molar-refractivity contribution is 6.30. The Kier molecular flexibility index (Phi) is 3.86. The fraction of sp³-hybridized carbons (Fsp3) is 0.412. The van der Waals surface area contributed by atoms with Gasteiger partial charge in [0, 0.05) is 11.1 Å². The Morgan fingerprint density at radius 2 is 1.85 bits per heavy atom. The molecule has 1 saturated carbocycles. The molecular formula is C17H20ClNO. The maximum Gasteiger partial charge on any atom is 0.120 e. The Balaban J connectivity index is 1.52. The number of furan rings is 1. The van der Waals surface area contributed by atoms with Crippen LogP contribution in [0.5, 0.6) is 0 Å². The average Bonchev–Trinajstić information content (AvgIpc) is 2.81. The van der Waals surface area contributed by atoms with Gasteiger partial charge in [0.25, 0.3) is 0 Å². The lowest BCUT2D eigenvalue weighted by molar-refractivity contribution is 0.257. The van der Waals surface area contributed by atoms with Gasteiger partial charge < -0.3 is 9.73 Å². The molecule has 1 aliphatic rings. The average molecular weight is 290 g/mol.